The summed E-state index contributed by atoms with van der Waals surface area (Å²) in [4.78, 5) is 25.3. The molecule has 0 aliphatic carbocycles. The first-order chi connectivity index (χ1) is 11.9. The number of likely N-dealkylation sites (N-methyl/N-ethyl adjacent to an activating group) is 1. The lowest BCUT2D eigenvalue weighted by Crippen LogP contribution is -2.35. The van der Waals surface area contributed by atoms with Gasteiger partial charge in [0.05, 0.1) is 20.1 Å². The highest BCUT2D eigenvalue weighted by Gasteiger charge is 2.15. The topological polar surface area (TPSA) is 58.6 Å². The molecule has 2 aromatic rings. The van der Waals surface area contributed by atoms with E-state index in [0.29, 0.717) is 11.3 Å². The second kappa shape index (κ2) is 8.23. The summed E-state index contributed by atoms with van der Waals surface area (Å²) in [6, 6.07) is 9.56. The summed E-state index contributed by atoms with van der Waals surface area (Å²) in [5, 5.41) is 2.57. The molecule has 0 saturated carbocycles. The fourth-order valence-corrected chi connectivity index (χ4v) is 2.17. The molecule has 0 radical (unpaired) electrons. The van der Waals surface area contributed by atoms with Gasteiger partial charge in [0.25, 0.3) is 0 Å². The number of carbonyl (C=O) groups excluding carboxylic acids is 2. The lowest BCUT2D eigenvalue weighted by Gasteiger charge is -2.17. The van der Waals surface area contributed by atoms with Gasteiger partial charge in [0.15, 0.2) is 11.6 Å². The highest BCUT2D eigenvalue weighted by Crippen LogP contribution is 2.18. The number of halogens is 2. The zero-order valence-electron chi connectivity index (χ0n) is 13.9. The quantitative estimate of drug-likeness (QED) is 0.873. The van der Waals surface area contributed by atoms with Gasteiger partial charge in [-0.25, -0.2) is 8.78 Å². The summed E-state index contributed by atoms with van der Waals surface area (Å²) in [7, 11) is 2.84. The maximum Gasteiger partial charge on any atom is 0.243 e. The van der Waals surface area contributed by atoms with Gasteiger partial charge in [-0.15, -0.1) is 0 Å². The first kappa shape index (κ1) is 18.4. The molecule has 0 spiro atoms. The Hall–Kier alpha value is -2.96. The van der Waals surface area contributed by atoms with E-state index < -0.39 is 17.5 Å². The van der Waals surface area contributed by atoms with Crippen LogP contribution in [0.1, 0.15) is 5.56 Å². The van der Waals surface area contributed by atoms with Crippen LogP contribution in [0.15, 0.2) is 42.5 Å². The highest BCUT2D eigenvalue weighted by molar-refractivity contribution is 5.94. The van der Waals surface area contributed by atoms with Gasteiger partial charge in [0.1, 0.15) is 5.82 Å². The molecule has 0 aliphatic heterocycles. The molecule has 0 aliphatic rings. The average Bonchev–Trinajstić information content (AvgIpc) is 2.57. The molecule has 2 amide bonds. The SMILES string of the molecule is COc1ccc(CC(=O)N(C)CC(=O)Nc2ccc(F)cc2)cc1F. The van der Waals surface area contributed by atoms with Crippen molar-refractivity contribution < 1.29 is 23.1 Å². The molecule has 2 aromatic carbocycles. The van der Waals surface area contributed by atoms with Gasteiger partial charge in [-0.1, -0.05) is 6.07 Å². The van der Waals surface area contributed by atoms with Gasteiger partial charge < -0.3 is 15.0 Å². The fraction of sp³-hybridized carbons (Fsp3) is 0.222. The summed E-state index contributed by atoms with van der Waals surface area (Å²) >= 11 is 0. The van der Waals surface area contributed by atoms with E-state index in [4.69, 9.17) is 4.74 Å². The van der Waals surface area contributed by atoms with Crippen molar-refractivity contribution in [2.24, 2.45) is 0 Å². The van der Waals surface area contributed by atoms with E-state index in [0.717, 1.165) is 0 Å². The lowest BCUT2D eigenvalue weighted by atomic mass is 10.1. The number of nitrogens with zero attached hydrogens (tertiary/aromatic N) is 1. The van der Waals surface area contributed by atoms with Crippen LogP contribution in [0.25, 0.3) is 0 Å². The molecule has 2 rings (SSSR count). The molecule has 25 heavy (non-hydrogen) atoms. The second-order valence-corrected chi connectivity index (χ2v) is 5.45. The number of ether oxygens (including phenoxy) is 1. The van der Waals surface area contributed by atoms with Gasteiger partial charge in [0.2, 0.25) is 11.8 Å². The molecule has 0 atom stereocenters. The average molecular weight is 348 g/mol. The standard InChI is InChI=1S/C18H18F2N2O3/c1-22(11-17(23)21-14-6-4-13(19)5-7-14)18(24)10-12-3-8-16(25-2)15(20)9-12/h3-9H,10-11H2,1-2H3,(H,21,23). The maximum atomic E-state index is 13.6. The van der Waals surface area contributed by atoms with Gasteiger partial charge >= 0.3 is 0 Å². The number of carbonyl (C=O) groups is 2. The molecule has 0 bridgehead atoms. The monoisotopic (exact) mass is 348 g/mol. The van der Waals surface area contributed by atoms with E-state index in [1.54, 1.807) is 6.07 Å². The Morgan fingerprint density at radius 1 is 1.12 bits per heavy atom. The number of hydrogen-bond acceptors (Lipinski definition) is 3. The Kier molecular flexibility index (Phi) is 6.05. The highest BCUT2D eigenvalue weighted by atomic mass is 19.1. The Morgan fingerprint density at radius 3 is 2.40 bits per heavy atom. The summed E-state index contributed by atoms with van der Waals surface area (Å²) in [6.07, 6.45) is -0.0404. The van der Waals surface area contributed by atoms with Gasteiger partial charge in [0, 0.05) is 12.7 Å². The van der Waals surface area contributed by atoms with Crippen molar-refractivity contribution in [3.05, 3.63) is 59.7 Å². The van der Waals surface area contributed by atoms with Crippen LogP contribution in [-0.2, 0) is 16.0 Å². The van der Waals surface area contributed by atoms with Crippen molar-refractivity contribution in [2.45, 2.75) is 6.42 Å². The smallest absolute Gasteiger partial charge is 0.243 e. The van der Waals surface area contributed by atoms with E-state index in [1.165, 1.54) is 55.5 Å². The number of anilines is 1. The molecule has 5 nitrogen and oxygen atoms in total. The molecule has 0 saturated heterocycles. The largest absolute Gasteiger partial charge is 0.494 e. The zero-order valence-corrected chi connectivity index (χ0v) is 13.9. The van der Waals surface area contributed by atoms with Crippen molar-refractivity contribution in [1.29, 1.82) is 0 Å². The number of hydrogen-bond donors (Lipinski definition) is 1. The fourth-order valence-electron chi connectivity index (χ4n) is 2.17. The summed E-state index contributed by atoms with van der Waals surface area (Å²) in [5.74, 6) is -1.60. The third kappa shape index (κ3) is 5.27. The van der Waals surface area contributed by atoms with Crippen LogP contribution in [0.5, 0.6) is 5.75 Å². The normalized spacial score (nSPS) is 10.2. The van der Waals surface area contributed by atoms with Crippen molar-refractivity contribution in [3.63, 3.8) is 0 Å². The number of amides is 2. The van der Waals surface area contributed by atoms with Gasteiger partial charge in [-0.2, -0.15) is 0 Å². The van der Waals surface area contributed by atoms with Gasteiger partial charge in [-0.05, 0) is 42.0 Å². The molecular weight excluding hydrogens is 330 g/mol. The Balaban J connectivity index is 1.90. The predicted octanol–water partition coefficient (Wildman–Crippen LogP) is 2.61. The van der Waals surface area contributed by atoms with Crippen LogP contribution in [-0.4, -0.2) is 37.4 Å². The van der Waals surface area contributed by atoms with E-state index >= 15 is 0 Å². The van der Waals surface area contributed by atoms with Crippen molar-refractivity contribution in [1.82, 2.24) is 4.90 Å². The molecule has 0 aromatic heterocycles. The van der Waals surface area contributed by atoms with Crippen LogP contribution in [0.2, 0.25) is 0 Å². The third-order valence-corrected chi connectivity index (χ3v) is 3.51. The lowest BCUT2D eigenvalue weighted by molar-refractivity contribution is -0.132. The molecule has 132 valence electrons. The van der Waals surface area contributed by atoms with Crippen molar-refractivity contribution >= 4 is 17.5 Å². The summed E-state index contributed by atoms with van der Waals surface area (Å²) in [5.41, 5.74) is 0.915. The van der Waals surface area contributed by atoms with E-state index in [9.17, 15) is 18.4 Å². The number of rotatable bonds is 6. The summed E-state index contributed by atoms with van der Waals surface area (Å²) < 4.78 is 31.3. The first-order valence-electron chi connectivity index (χ1n) is 7.51. The van der Waals surface area contributed by atoms with Crippen LogP contribution in [0.3, 0.4) is 0 Å². The zero-order chi connectivity index (χ0) is 18.4. The predicted molar refractivity (Wildman–Crippen MR) is 89.3 cm³/mol. The van der Waals surface area contributed by atoms with Crippen LogP contribution in [0, 0.1) is 11.6 Å². The van der Waals surface area contributed by atoms with E-state index in [1.807, 2.05) is 0 Å². The minimum Gasteiger partial charge on any atom is -0.494 e. The second-order valence-electron chi connectivity index (χ2n) is 5.45. The molecule has 0 fully saturated rings. The number of nitrogens with one attached hydrogen (secondary N) is 1. The minimum atomic E-state index is -0.551. The molecule has 0 unspecified atom stereocenters. The number of methoxy groups -OCH3 is 1. The minimum absolute atomic E-state index is 0.0404. The first-order valence-corrected chi connectivity index (χ1v) is 7.51. The number of benzene rings is 2. The third-order valence-electron chi connectivity index (χ3n) is 3.51. The van der Waals surface area contributed by atoms with Crippen molar-refractivity contribution in [3.8, 4) is 5.75 Å². The molecule has 1 N–H and O–H groups in total. The maximum absolute atomic E-state index is 13.6. The van der Waals surface area contributed by atoms with E-state index in [-0.39, 0.29) is 24.6 Å². The molecule has 0 heterocycles. The van der Waals surface area contributed by atoms with Gasteiger partial charge in [-0.3, -0.25) is 9.59 Å². The van der Waals surface area contributed by atoms with Crippen LogP contribution < -0.4 is 10.1 Å². The Labute approximate surface area is 144 Å². The summed E-state index contributed by atoms with van der Waals surface area (Å²) in [6.45, 7) is -0.172. The molecule has 7 heteroatoms. The van der Waals surface area contributed by atoms with Crippen molar-refractivity contribution in [2.75, 3.05) is 26.0 Å². The van der Waals surface area contributed by atoms with Crippen LogP contribution >= 0.6 is 0 Å². The van der Waals surface area contributed by atoms with E-state index in [2.05, 4.69) is 5.32 Å². The Morgan fingerprint density at radius 2 is 1.80 bits per heavy atom. The Bertz CT molecular complexity index is 763. The molecular formula is C18H18F2N2O3. The van der Waals surface area contributed by atoms with Crippen LogP contribution in [0.4, 0.5) is 14.5 Å².